The van der Waals surface area contributed by atoms with Crippen LogP contribution in [0.25, 0.3) is 0 Å². The van der Waals surface area contributed by atoms with E-state index in [0.717, 1.165) is 6.34 Å². The second-order valence-corrected chi connectivity index (χ2v) is 3.11. The van der Waals surface area contributed by atoms with Crippen molar-refractivity contribution in [2.24, 2.45) is 4.99 Å². The molecule has 6 nitrogen and oxygen atoms in total. The fourth-order valence-corrected chi connectivity index (χ4v) is 1.43. The molecule has 0 fully saturated rings. The van der Waals surface area contributed by atoms with E-state index in [0.29, 0.717) is 11.4 Å². The van der Waals surface area contributed by atoms with Crippen LogP contribution in [0.5, 0.6) is 0 Å². The van der Waals surface area contributed by atoms with Crippen LogP contribution >= 0.6 is 11.6 Å². The Morgan fingerprint density at radius 2 is 2.21 bits per heavy atom. The van der Waals surface area contributed by atoms with E-state index in [9.17, 15) is 15.3 Å². The highest BCUT2D eigenvalue weighted by Gasteiger charge is 2.22. The van der Waals surface area contributed by atoms with Gasteiger partial charge < -0.3 is 5.21 Å². The third-order valence-corrected chi connectivity index (χ3v) is 2.15. The molecule has 14 heavy (non-hydrogen) atoms. The Labute approximate surface area is 83.2 Å². The Kier molecular flexibility index (Phi) is 1.95. The van der Waals surface area contributed by atoms with Crippen LogP contribution in [0.2, 0.25) is 5.02 Å². The largest absolute Gasteiger partial charge is 0.623 e. The Balaban J connectivity index is 2.60. The molecule has 1 heterocycles. The molecule has 0 aliphatic carbocycles. The van der Waals surface area contributed by atoms with Gasteiger partial charge in [-0.25, -0.2) is 0 Å². The van der Waals surface area contributed by atoms with Crippen molar-refractivity contribution in [3.63, 3.8) is 0 Å². The standard InChI is InChI=1S/C7H4ClN3O3/c8-4-1-7-5(9-3-10(7)12)2-6(4)11(13)14/h1-3,10H. The fourth-order valence-electron chi connectivity index (χ4n) is 1.19. The molecule has 72 valence electrons. The van der Waals surface area contributed by atoms with Gasteiger partial charge in [-0.1, -0.05) is 11.6 Å². The maximum Gasteiger partial charge on any atom is 0.290 e. The lowest BCUT2D eigenvalue weighted by Gasteiger charge is -2.10. The van der Waals surface area contributed by atoms with Gasteiger partial charge in [-0.3, -0.25) is 15.2 Å². The highest BCUT2D eigenvalue weighted by molar-refractivity contribution is 6.33. The van der Waals surface area contributed by atoms with Gasteiger partial charge >= 0.3 is 0 Å². The fraction of sp³-hybridized carbons (Fsp3) is 0. The van der Waals surface area contributed by atoms with Gasteiger partial charge in [-0.05, 0) is 0 Å². The summed E-state index contributed by atoms with van der Waals surface area (Å²) in [5.74, 6) is 0. The first-order chi connectivity index (χ1) is 6.59. The molecule has 0 bridgehead atoms. The number of hydroxylamine groups is 1. The summed E-state index contributed by atoms with van der Waals surface area (Å²) in [4.78, 5) is 13.6. The minimum absolute atomic E-state index is 0.0485. The molecule has 1 atom stereocenters. The molecule has 0 aromatic heterocycles. The van der Waals surface area contributed by atoms with Crippen LogP contribution in [0.15, 0.2) is 17.1 Å². The molecule has 1 N–H and O–H groups in total. The van der Waals surface area contributed by atoms with Crippen molar-refractivity contribution in [2.45, 2.75) is 0 Å². The number of nitro benzene ring substituents is 1. The van der Waals surface area contributed by atoms with E-state index in [4.69, 9.17) is 11.6 Å². The normalized spacial score (nSPS) is 18.3. The number of quaternary nitrogens is 1. The third kappa shape index (κ3) is 1.25. The predicted molar refractivity (Wildman–Crippen MR) is 50.2 cm³/mol. The van der Waals surface area contributed by atoms with Gasteiger partial charge in [0.05, 0.1) is 4.92 Å². The van der Waals surface area contributed by atoms with Crippen LogP contribution in [0.1, 0.15) is 0 Å². The first kappa shape index (κ1) is 9.07. The average molecular weight is 214 g/mol. The monoisotopic (exact) mass is 213 g/mol. The molecule has 1 aromatic rings. The average Bonchev–Trinajstić information content (AvgIpc) is 2.46. The van der Waals surface area contributed by atoms with Crippen LogP contribution < -0.4 is 5.06 Å². The minimum atomic E-state index is -0.610. The van der Waals surface area contributed by atoms with Gasteiger partial charge in [0.1, 0.15) is 10.7 Å². The highest BCUT2D eigenvalue weighted by atomic mass is 35.5. The SMILES string of the molecule is O=[N+]([O-])c1cc2c(cc1Cl)[NH+]([O-])C=N2. The van der Waals surface area contributed by atoms with Gasteiger partial charge in [0.2, 0.25) is 0 Å². The number of aliphatic imine (C=N–C) groups is 1. The number of nitrogens with zero attached hydrogens (tertiary/aromatic N) is 2. The zero-order chi connectivity index (χ0) is 10.3. The van der Waals surface area contributed by atoms with Crippen molar-refractivity contribution in [2.75, 3.05) is 0 Å². The molecule has 1 aliphatic heterocycles. The lowest BCUT2D eigenvalue weighted by molar-refractivity contribution is -0.655. The van der Waals surface area contributed by atoms with E-state index in [1.807, 2.05) is 0 Å². The van der Waals surface area contributed by atoms with Crippen molar-refractivity contribution in [1.82, 2.24) is 0 Å². The highest BCUT2D eigenvalue weighted by Crippen LogP contribution is 2.34. The van der Waals surface area contributed by atoms with Gasteiger partial charge in [0, 0.05) is 12.1 Å². The summed E-state index contributed by atoms with van der Waals surface area (Å²) < 4.78 is 0. The third-order valence-electron chi connectivity index (χ3n) is 1.85. The zero-order valence-corrected chi connectivity index (χ0v) is 7.49. The Bertz CT molecular complexity index is 446. The van der Waals surface area contributed by atoms with E-state index in [-0.39, 0.29) is 15.8 Å². The molecule has 0 saturated heterocycles. The van der Waals surface area contributed by atoms with Crippen molar-refractivity contribution in [1.29, 1.82) is 0 Å². The zero-order valence-electron chi connectivity index (χ0n) is 6.73. The molecule has 1 aliphatic rings. The predicted octanol–water partition coefficient (Wildman–Crippen LogP) is 0.936. The summed E-state index contributed by atoms with van der Waals surface area (Å²) in [6.07, 6.45) is 1.12. The molecule has 1 aromatic carbocycles. The summed E-state index contributed by atoms with van der Waals surface area (Å²) in [6, 6.07) is 2.46. The number of nitro groups is 1. The molecule has 2 rings (SSSR count). The van der Waals surface area contributed by atoms with Gasteiger partial charge in [0.25, 0.3) is 5.69 Å². The lowest BCUT2D eigenvalue weighted by atomic mass is 10.2. The van der Waals surface area contributed by atoms with Gasteiger partial charge in [-0.2, -0.15) is 4.99 Å². The number of nitrogens with one attached hydrogen (secondary N) is 1. The maximum atomic E-state index is 11.1. The first-order valence-electron chi connectivity index (χ1n) is 3.66. The molecule has 7 heteroatoms. The number of rotatable bonds is 1. The smallest absolute Gasteiger partial charge is 0.290 e. The number of hydrogen-bond acceptors (Lipinski definition) is 4. The van der Waals surface area contributed by atoms with Crippen molar-refractivity contribution in [3.05, 3.63) is 32.5 Å². The summed E-state index contributed by atoms with van der Waals surface area (Å²) in [5, 5.41) is 21.3. The van der Waals surface area contributed by atoms with Crippen molar-refractivity contribution < 1.29 is 9.99 Å². The molecular formula is C7H4ClN3O3. The van der Waals surface area contributed by atoms with E-state index in [2.05, 4.69) is 4.99 Å². The molecule has 0 spiro atoms. The molecule has 0 saturated carbocycles. The van der Waals surface area contributed by atoms with Crippen LogP contribution in [-0.4, -0.2) is 11.3 Å². The second-order valence-electron chi connectivity index (χ2n) is 2.70. The van der Waals surface area contributed by atoms with Crippen molar-refractivity contribution in [3.8, 4) is 0 Å². The van der Waals surface area contributed by atoms with Crippen LogP contribution in [0.4, 0.5) is 17.1 Å². The van der Waals surface area contributed by atoms with Crippen LogP contribution in [0, 0.1) is 15.3 Å². The minimum Gasteiger partial charge on any atom is -0.623 e. The van der Waals surface area contributed by atoms with Crippen molar-refractivity contribution >= 4 is 35.0 Å². The first-order valence-corrected chi connectivity index (χ1v) is 4.04. The quantitative estimate of drug-likeness (QED) is 0.428. The lowest BCUT2D eigenvalue weighted by Crippen LogP contribution is -2.99. The Morgan fingerprint density at radius 1 is 1.50 bits per heavy atom. The van der Waals surface area contributed by atoms with E-state index in [1.165, 1.54) is 12.1 Å². The number of fused-ring (bicyclic) bond motifs is 1. The molecule has 0 amide bonds. The number of halogens is 1. The van der Waals surface area contributed by atoms with E-state index in [1.54, 1.807) is 0 Å². The Morgan fingerprint density at radius 3 is 2.86 bits per heavy atom. The second kappa shape index (κ2) is 3.02. The van der Waals surface area contributed by atoms with Gasteiger partial charge in [-0.15, -0.1) is 0 Å². The summed E-state index contributed by atoms with van der Waals surface area (Å²) >= 11 is 5.62. The number of benzene rings is 1. The van der Waals surface area contributed by atoms with E-state index >= 15 is 0 Å². The maximum absolute atomic E-state index is 11.1. The molecule has 1 unspecified atom stereocenters. The number of hydrogen-bond donors (Lipinski definition) is 1. The topological polar surface area (TPSA) is 83.0 Å². The van der Waals surface area contributed by atoms with E-state index < -0.39 is 4.92 Å². The Hall–Kier alpha value is -1.50. The van der Waals surface area contributed by atoms with Crippen LogP contribution in [0.3, 0.4) is 0 Å². The summed E-state index contributed by atoms with van der Waals surface area (Å²) in [6.45, 7) is 0. The summed E-state index contributed by atoms with van der Waals surface area (Å²) in [5.41, 5.74) is 0.365. The summed E-state index contributed by atoms with van der Waals surface area (Å²) in [7, 11) is 0. The van der Waals surface area contributed by atoms with Crippen LogP contribution in [-0.2, 0) is 0 Å². The van der Waals surface area contributed by atoms with Gasteiger partial charge in [0.15, 0.2) is 12.0 Å². The molecular weight excluding hydrogens is 210 g/mol. The molecule has 0 radical (unpaired) electrons.